The number of aromatic nitrogens is 3. The number of carbonyl (C=O) groups is 1. The summed E-state index contributed by atoms with van der Waals surface area (Å²) in [6.07, 6.45) is 6.65. The van der Waals surface area contributed by atoms with Gasteiger partial charge < -0.3 is 10.1 Å². The minimum Gasteiger partial charge on any atom is -0.367 e. The molecule has 3 rings (SSSR count). The van der Waals surface area contributed by atoms with Crippen molar-refractivity contribution in [3.05, 3.63) is 40.4 Å². The van der Waals surface area contributed by atoms with Gasteiger partial charge in [-0.2, -0.15) is 0 Å². The van der Waals surface area contributed by atoms with E-state index in [9.17, 15) is 4.79 Å². The summed E-state index contributed by atoms with van der Waals surface area (Å²) in [5.74, 6) is 0.523. The Hall–Kier alpha value is -1.86. The fraction of sp³-hybridized carbons (Fsp3) is 0.467. The molecule has 1 N–H and O–H groups in total. The van der Waals surface area contributed by atoms with Gasteiger partial charge in [-0.05, 0) is 26.2 Å². The molecule has 116 valence electrons. The lowest BCUT2D eigenvalue weighted by Crippen LogP contribution is -2.32. The van der Waals surface area contributed by atoms with Crippen LogP contribution in [0.15, 0.2) is 23.3 Å². The van der Waals surface area contributed by atoms with Gasteiger partial charge in [-0.3, -0.25) is 4.79 Å². The zero-order valence-electron chi connectivity index (χ0n) is 12.4. The first-order valence-electron chi connectivity index (χ1n) is 7.29. The molecule has 1 aliphatic rings. The van der Waals surface area contributed by atoms with Crippen LogP contribution in [0.3, 0.4) is 0 Å². The van der Waals surface area contributed by atoms with E-state index in [-0.39, 0.29) is 11.5 Å². The van der Waals surface area contributed by atoms with E-state index < -0.39 is 0 Å². The lowest BCUT2D eigenvalue weighted by atomic mass is 9.95. The van der Waals surface area contributed by atoms with E-state index in [1.165, 1.54) is 11.3 Å². The van der Waals surface area contributed by atoms with Gasteiger partial charge in [-0.25, -0.2) is 15.0 Å². The monoisotopic (exact) mass is 318 g/mol. The Morgan fingerprint density at radius 2 is 2.18 bits per heavy atom. The van der Waals surface area contributed by atoms with E-state index in [0.717, 1.165) is 31.4 Å². The number of carbonyl (C=O) groups excluding carboxylic acids is 1. The summed E-state index contributed by atoms with van der Waals surface area (Å²) in [4.78, 5) is 24.6. The number of hydrogen-bond acceptors (Lipinski definition) is 6. The van der Waals surface area contributed by atoms with Crippen molar-refractivity contribution in [2.45, 2.75) is 38.3 Å². The van der Waals surface area contributed by atoms with E-state index in [1.807, 2.05) is 6.92 Å². The zero-order chi connectivity index (χ0) is 15.4. The standard InChI is InChI=1S/C15H18N4O2S/c1-15(4-2-3-5-21-15)14-17-7-11(8-18-14)6-16-13(20)12-9-22-10-19-12/h7-10H,2-6H2,1H3,(H,16,20)/t15-/m0/s1. The van der Waals surface area contributed by atoms with Crippen LogP contribution < -0.4 is 5.32 Å². The van der Waals surface area contributed by atoms with Crippen molar-refractivity contribution >= 4 is 17.2 Å². The van der Waals surface area contributed by atoms with Crippen LogP contribution in [-0.2, 0) is 16.9 Å². The molecule has 0 spiro atoms. The highest BCUT2D eigenvalue weighted by molar-refractivity contribution is 7.07. The summed E-state index contributed by atoms with van der Waals surface area (Å²) in [7, 11) is 0. The van der Waals surface area contributed by atoms with Gasteiger partial charge in [0, 0.05) is 36.5 Å². The number of thiazole rings is 1. The summed E-state index contributed by atoms with van der Waals surface area (Å²) in [5.41, 5.74) is 2.54. The van der Waals surface area contributed by atoms with Crippen molar-refractivity contribution in [3.63, 3.8) is 0 Å². The first-order valence-corrected chi connectivity index (χ1v) is 8.23. The molecule has 0 aromatic carbocycles. The van der Waals surface area contributed by atoms with Crippen LogP contribution in [0, 0.1) is 0 Å². The van der Waals surface area contributed by atoms with Gasteiger partial charge in [0.05, 0.1) is 5.51 Å². The Morgan fingerprint density at radius 1 is 1.36 bits per heavy atom. The van der Waals surface area contributed by atoms with Crippen LogP contribution in [0.2, 0.25) is 0 Å². The molecule has 22 heavy (non-hydrogen) atoms. The number of ether oxygens (including phenoxy) is 1. The minimum absolute atomic E-state index is 0.187. The summed E-state index contributed by atoms with van der Waals surface area (Å²) in [6, 6.07) is 0. The quantitative estimate of drug-likeness (QED) is 0.936. The number of hydrogen-bond donors (Lipinski definition) is 1. The third-order valence-electron chi connectivity index (χ3n) is 3.77. The van der Waals surface area contributed by atoms with Crippen molar-refractivity contribution in [2.75, 3.05) is 6.61 Å². The molecule has 1 atom stereocenters. The Labute approximate surface area is 133 Å². The van der Waals surface area contributed by atoms with Gasteiger partial charge in [0.25, 0.3) is 5.91 Å². The lowest BCUT2D eigenvalue weighted by Gasteiger charge is -2.32. The van der Waals surface area contributed by atoms with Crippen molar-refractivity contribution in [1.82, 2.24) is 20.3 Å². The average Bonchev–Trinajstić information content (AvgIpc) is 3.08. The summed E-state index contributed by atoms with van der Waals surface area (Å²) in [6.45, 7) is 3.17. The highest BCUT2D eigenvalue weighted by Gasteiger charge is 2.32. The first kappa shape index (κ1) is 15.1. The van der Waals surface area contributed by atoms with Crippen LogP contribution in [0.1, 0.15) is 48.1 Å². The second kappa shape index (κ2) is 6.50. The molecule has 0 aliphatic carbocycles. The predicted molar refractivity (Wildman–Crippen MR) is 82.5 cm³/mol. The van der Waals surface area contributed by atoms with Gasteiger partial charge in [-0.1, -0.05) is 0 Å². The summed E-state index contributed by atoms with van der Waals surface area (Å²) in [5, 5.41) is 4.52. The molecule has 1 amide bonds. The molecule has 0 unspecified atom stereocenters. The molecular weight excluding hydrogens is 300 g/mol. The molecule has 1 saturated heterocycles. The van der Waals surface area contributed by atoms with Crippen molar-refractivity contribution in [2.24, 2.45) is 0 Å². The second-order valence-electron chi connectivity index (χ2n) is 5.51. The molecular formula is C15H18N4O2S. The van der Waals surface area contributed by atoms with Crippen molar-refractivity contribution < 1.29 is 9.53 Å². The third kappa shape index (κ3) is 3.31. The van der Waals surface area contributed by atoms with Gasteiger partial charge in [0.15, 0.2) is 5.82 Å². The van der Waals surface area contributed by atoms with E-state index in [1.54, 1.807) is 23.3 Å². The third-order valence-corrected chi connectivity index (χ3v) is 4.35. The van der Waals surface area contributed by atoms with Crippen LogP contribution in [-0.4, -0.2) is 27.5 Å². The maximum Gasteiger partial charge on any atom is 0.271 e. The molecule has 1 aliphatic heterocycles. The summed E-state index contributed by atoms with van der Waals surface area (Å²) < 4.78 is 5.84. The molecule has 0 bridgehead atoms. The number of nitrogens with zero attached hydrogens (tertiary/aromatic N) is 3. The van der Waals surface area contributed by atoms with E-state index >= 15 is 0 Å². The Kier molecular flexibility index (Phi) is 4.44. The second-order valence-corrected chi connectivity index (χ2v) is 6.23. The van der Waals surface area contributed by atoms with Crippen LogP contribution in [0.25, 0.3) is 0 Å². The van der Waals surface area contributed by atoms with Crippen LogP contribution in [0.5, 0.6) is 0 Å². The Morgan fingerprint density at radius 3 is 2.82 bits per heavy atom. The van der Waals surface area contributed by atoms with Gasteiger partial charge >= 0.3 is 0 Å². The number of rotatable bonds is 4. The maximum atomic E-state index is 11.8. The predicted octanol–water partition coefficient (Wildman–Crippen LogP) is 2.28. The molecule has 1 fully saturated rings. The van der Waals surface area contributed by atoms with E-state index in [4.69, 9.17) is 4.74 Å². The zero-order valence-corrected chi connectivity index (χ0v) is 13.2. The molecule has 2 aromatic heterocycles. The van der Waals surface area contributed by atoms with Gasteiger partial charge in [0.1, 0.15) is 11.3 Å². The van der Waals surface area contributed by atoms with Crippen molar-refractivity contribution in [1.29, 1.82) is 0 Å². The first-order chi connectivity index (χ1) is 10.7. The highest BCUT2D eigenvalue weighted by Crippen LogP contribution is 2.32. The van der Waals surface area contributed by atoms with Gasteiger partial charge in [0.2, 0.25) is 0 Å². The average molecular weight is 318 g/mol. The molecule has 3 heterocycles. The fourth-order valence-electron chi connectivity index (χ4n) is 2.43. The highest BCUT2D eigenvalue weighted by atomic mass is 32.1. The van der Waals surface area contributed by atoms with Crippen LogP contribution >= 0.6 is 11.3 Å². The fourth-order valence-corrected chi connectivity index (χ4v) is 2.96. The smallest absolute Gasteiger partial charge is 0.271 e. The van der Waals surface area contributed by atoms with Gasteiger partial charge in [-0.15, -0.1) is 11.3 Å². The minimum atomic E-state index is -0.388. The molecule has 2 aromatic rings. The lowest BCUT2D eigenvalue weighted by molar-refractivity contribution is -0.0760. The number of amides is 1. The Bertz CT molecular complexity index is 622. The molecule has 7 heteroatoms. The largest absolute Gasteiger partial charge is 0.367 e. The molecule has 6 nitrogen and oxygen atoms in total. The Balaban J connectivity index is 1.61. The topological polar surface area (TPSA) is 77.0 Å². The van der Waals surface area contributed by atoms with Crippen LogP contribution in [0.4, 0.5) is 0 Å². The normalized spacial score (nSPS) is 21.5. The summed E-state index contributed by atoms with van der Waals surface area (Å²) >= 11 is 1.40. The van der Waals surface area contributed by atoms with Crippen molar-refractivity contribution in [3.8, 4) is 0 Å². The molecule has 0 saturated carbocycles. The maximum absolute atomic E-state index is 11.8. The molecule has 0 radical (unpaired) electrons. The van der Waals surface area contributed by atoms with E-state index in [2.05, 4.69) is 20.3 Å². The van der Waals surface area contributed by atoms with E-state index in [0.29, 0.717) is 18.1 Å². The SMILES string of the molecule is C[C@@]1(c2ncc(CNC(=O)c3cscn3)cn2)CCCCO1. The number of nitrogens with one attached hydrogen (secondary N) is 1.